The fourth-order valence-corrected chi connectivity index (χ4v) is 8.72. The average molecular weight is 451 g/mol. The zero-order chi connectivity index (χ0) is 22.3. The van der Waals surface area contributed by atoms with Crippen LogP contribution in [0.4, 0.5) is 0 Å². The van der Waals surface area contributed by atoms with Crippen LogP contribution in [0.1, 0.15) is 40.0 Å². The molecule has 0 aromatic heterocycles. The molecule has 0 aromatic carbocycles. The number of rotatable bonds is 5. The number of carbonyl (C=O) groups is 1. The summed E-state index contributed by atoms with van der Waals surface area (Å²) < 4.78 is 0. The number of nitrogens with one attached hydrogen (secondary N) is 2. The first-order valence-electron chi connectivity index (χ1n) is 12.2. The van der Waals surface area contributed by atoms with Crippen LogP contribution in [0.15, 0.2) is 12.7 Å². The summed E-state index contributed by atoms with van der Waals surface area (Å²) in [4.78, 5) is 17.6. The summed E-state index contributed by atoms with van der Waals surface area (Å²) in [6.45, 7) is 14.9. The number of fused-ring (bicyclic) bond motifs is 2. The molecule has 1 amide bonds. The van der Waals surface area contributed by atoms with E-state index in [1.807, 2.05) is 22.7 Å². The van der Waals surface area contributed by atoms with Gasteiger partial charge in [-0.05, 0) is 49.5 Å². The molecule has 176 valence electrons. The summed E-state index contributed by atoms with van der Waals surface area (Å²) in [5.41, 5.74) is 0.402. The highest BCUT2D eigenvalue weighted by molar-refractivity contribution is 8.00. The second-order valence-corrected chi connectivity index (χ2v) is 12.1. The number of likely N-dealkylation sites (N-methyl/N-ethyl adjacent to an activating group) is 1. The van der Waals surface area contributed by atoms with Gasteiger partial charge in [0.15, 0.2) is 0 Å². The first-order valence-corrected chi connectivity index (χ1v) is 13.1. The molecule has 2 saturated carbocycles. The minimum Gasteiger partial charge on any atom is -0.392 e. The molecule has 31 heavy (non-hydrogen) atoms. The van der Waals surface area contributed by atoms with Crippen LogP contribution in [0, 0.1) is 29.1 Å². The van der Waals surface area contributed by atoms with E-state index in [2.05, 4.69) is 49.9 Å². The summed E-state index contributed by atoms with van der Waals surface area (Å²) in [5.74, 6) is 0.816. The lowest BCUT2D eigenvalue weighted by molar-refractivity contribution is -0.150. The summed E-state index contributed by atoms with van der Waals surface area (Å²) in [5, 5.41) is 19.5. The van der Waals surface area contributed by atoms with Gasteiger partial charge in [-0.1, -0.05) is 26.8 Å². The Morgan fingerprint density at radius 3 is 2.77 bits per heavy atom. The number of aliphatic hydroxyl groups is 1. The second-order valence-electron chi connectivity index (χ2n) is 10.8. The Morgan fingerprint density at radius 1 is 1.39 bits per heavy atom. The molecule has 0 bridgehead atoms. The maximum atomic E-state index is 13.3. The largest absolute Gasteiger partial charge is 0.392 e. The number of carbonyl (C=O) groups excluding carboxylic acids is 1. The fraction of sp³-hybridized carbons (Fsp3) is 0.875. The van der Waals surface area contributed by atoms with E-state index >= 15 is 0 Å². The van der Waals surface area contributed by atoms with Gasteiger partial charge in [-0.2, -0.15) is 0 Å². The third-order valence-electron chi connectivity index (χ3n) is 8.81. The molecule has 2 aliphatic heterocycles. The quantitative estimate of drug-likeness (QED) is 0.557. The lowest BCUT2D eigenvalue weighted by Crippen LogP contribution is -2.60. The smallest absolute Gasteiger partial charge is 0.225 e. The third kappa shape index (κ3) is 4.45. The van der Waals surface area contributed by atoms with Crippen molar-refractivity contribution in [3.05, 3.63) is 12.7 Å². The van der Waals surface area contributed by atoms with Crippen molar-refractivity contribution in [1.29, 1.82) is 0 Å². The number of piperazine rings is 1. The first kappa shape index (κ1) is 23.6. The Hall–Kier alpha value is -0.600. The van der Waals surface area contributed by atoms with Crippen molar-refractivity contribution in [2.45, 2.75) is 62.9 Å². The van der Waals surface area contributed by atoms with Gasteiger partial charge in [-0.15, -0.1) is 18.3 Å². The molecule has 4 aliphatic rings. The normalized spacial score (nSPS) is 44.4. The van der Waals surface area contributed by atoms with Crippen molar-refractivity contribution in [2.24, 2.45) is 29.1 Å². The van der Waals surface area contributed by atoms with Crippen LogP contribution in [-0.4, -0.2) is 83.5 Å². The van der Waals surface area contributed by atoms with Crippen LogP contribution < -0.4 is 10.6 Å². The monoisotopic (exact) mass is 450 g/mol. The molecule has 2 saturated heterocycles. The molecule has 0 spiro atoms. The zero-order valence-electron chi connectivity index (χ0n) is 19.7. The van der Waals surface area contributed by atoms with Gasteiger partial charge in [-0.25, -0.2) is 0 Å². The van der Waals surface area contributed by atoms with E-state index in [1.165, 1.54) is 0 Å². The standard InChI is InChI=1S/C24H42N4O2S/c1-6-9-25-23-26-20-16(3)19-21(29)17(7-8-24(19,4)14-18(20)31-23)15(2)22(30)28-12-10-27(5)11-13-28/h6,15-21,23,25-26,29H,1,7-14H2,2-5H3/t15-,16+,17-,18?,19+,20?,21-,23?,24+/m0/s1. The lowest BCUT2D eigenvalue weighted by Gasteiger charge is -2.57. The molecule has 0 aromatic rings. The fourth-order valence-electron chi connectivity index (χ4n) is 6.97. The van der Waals surface area contributed by atoms with Crippen LogP contribution >= 0.6 is 11.8 Å². The van der Waals surface area contributed by atoms with Gasteiger partial charge >= 0.3 is 0 Å². The van der Waals surface area contributed by atoms with E-state index < -0.39 is 6.10 Å². The van der Waals surface area contributed by atoms with Gasteiger partial charge in [0.2, 0.25) is 5.91 Å². The topological polar surface area (TPSA) is 67.8 Å². The van der Waals surface area contributed by atoms with Gasteiger partial charge in [0.25, 0.3) is 0 Å². The van der Waals surface area contributed by atoms with E-state index in [4.69, 9.17) is 0 Å². The summed E-state index contributed by atoms with van der Waals surface area (Å²) in [6.07, 6.45) is 4.70. The molecule has 4 fully saturated rings. The maximum Gasteiger partial charge on any atom is 0.225 e. The summed E-state index contributed by atoms with van der Waals surface area (Å²) in [7, 11) is 2.11. The Kier molecular flexibility index (Phi) is 7.09. The second kappa shape index (κ2) is 9.34. The van der Waals surface area contributed by atoms with E-state index in [9.17, 15) is 9.90 Å². The minimum absolute atomic E-state index is 0.0629. The van der Waals surface area contributed by atoms with Crippen molar-refractivity contribution >= 4 is 17.7 Å². The molecule has 6 nitrogen and oxygen atoms in total. The van der Waals surface area contributed by atoms with Gasteiger partial charge in [0.05, 0.1) is 6.10 Å². The van der Waals surface area contributed by atoms with Crippen LogP contribution in [0.2, 0.25) is 0 Å². The van der Waals surface area contributed by atoms with Gasteiger partial charge in [0, 0.05) is 49.9 Å². The molecule has 2 heterocycles. The zero-order valence-corrected chi connectivity index (χ0v) is 20.5. The number of nitrogens with zero attached hydrogens (tertiary/aromatic N) is 2. The highest BCUT2D eigenvalue weighted by Crippen LogP contribution is 2.58. The van der Waals surface area contributed by atoms with Crippen LogP contribution in [0.25, 0.3) is 0 Å². The first-order chi connectivity index (χ1) is 14.7. The molecule has 0 radical (unpaired) electrons. The Labute approximate surface area is 192 Å². The molecular formula is C24H42N4O2S. The van der Waals surface area contributed by atoms with E-state index in [-0.39, 0.29) is 34.6 Å². The van der Waals surface area contributed by atoms with Crippen molar-refractivity contribution in [2.75, 3.05) is 39.8 Å². The lowest BCUT2D eigenvalue weighted by atomic mass is 9.51. The number of aliphatic hydroxyl groups excluding tert-OH is 1. The number of hydrogen-bond donors (Lipinski definition) is 3. The van der Waals surface area contributed by atoms with Crippen LogP contribution in [0.5, 0.6) is 0 Å². The SMILES string of the molecule is C=CCNC1NC2C(C[C@@]3(C)CC[C@@H]([C@H](C)C(=O)N4CCN(C)CC4)[C@H](O)[C@H]3[C@H]2C)S1. The van der Waals surface area contributed by atoms with Crippen LogP contribution in [-0.2, 0) is 4.79 Å². The van der Waals surface area contributed by atoms with Crippen molar-refractivity contribution in [1.82, 2.24) is 20.4 Å². The molecule has 3 unspecified atom stereocenters. The highest BCUT2D eigenvalue weighted by atomic mass is 32.2. The van der Waals surface area contributed by atoms with Gasteiger partial charge in [0.1, 0.15) is 5.50 Å². The van der Waals surface area contributed by atoms with E-state index in [1.54, 1.807) is 0 Å². The van der Waals surface area contributed by atoms with Crippen molar-refractivity contribution in [3.63, 3.8) is 0 Å². The molecule has 3 N–H and O–H groups in total. The Balaban J connectivity index is 1.45. The predicted octanol–water partition coefficient (Wildman–Crippen LogP) is 1.96. The summed E-state index contributed by atoms with van der Waals surface area (Å²) in [6, 6.07) is 0.405. The Morgan fingerprint density at radius 2 is 2.10 bits per heavy atom. The van der Waals surface area contributed by atoms with E-state index in [0.29, 0.717) is 17.2 Å². The number of thioether (sulfide) groups is 1. The molecule has 7 heteroatoms. The van der Waals surface area contributed by atoms with Crippen molar-refractivity contribution in [3.8, 4) is 0 Å². The number of amides is 1. The van der Waals surface area contributed by atoms with Gasteiger partial charge in [-0.3, -0.25) is 15.4 Å². The maximum absolute atomic E-state index is 13.3. The van der Waals surface area contributed by atoms with Crippen molar-refractivity contribution < 1.29 is 9.90 Å². The molecule has 2 aliphatic carbocycles. The third-order valence-corrected chi connectivity index (χ3v) is 10.2. The van der Waals surface area contributed by atoms with E-state index in [0.717, 1.165) is 52.0 Å². The highest BCUT2D eigenvalue weighted by Gasteiger charge is 2.58. The predicted molar refractivity (Wildman–Crippen MR) is 128 cm³/mol. The molecule has 4 rings (SSSR count). The summed E-state index contributed by atoms with van der Waals surface area (Å²) >= 11 is 2.01. The average Bonchev–Trinajstić information content (AvgIpc) is 3.14. The molecule has 9 atom stereocenters. The van der Waals surface area contributed by atoms with Gasteiger partial charge < -0.3 is 14.9 Å². The number of hydrogen-bond acceptors (Lipinski definition) is 6. The minimum atomic E-state index is -0.409. The Bertz CT molecular complexity index is 670. The van der Waals surface area contributed by atoms with Crippen LogP contribution in [0.3, 0.4) is 0 Å². The molecular weight excluding hydrogens is 408 g/mol.